The summed E-state index contributed by atoms with van der Waals surface area (Å²) >= 11 is 0. The molecule has 1 amide bonds. The van der Waals surface area contributed by atoms with Crippen LogP contribution < -0.4 is 16.8 Å². The first kappa shape index (κ1) is 11.9. The van der Waals surface area contributed by atoms with Gasteiger partial charge in [-0.3, -0.25) is 4.79 Å². The minimum absolute atomic E-state index is 0.0313. The summed E-state index contributed by atoms with van der Waals surface area (Å²) < 4.78 is 0. The van der Waals surface area contributed by atoms with E-state index in [1.807, 2.05) is 0 Å². The number of carbonyl (C=O) groups is 1. The molecular formula is C9H17N3O. The zero-order valence-electron chi connectivity index (χ0n) is 7.75. The Morgan fingerprint density at radius 2 is 2.08 bits per heavy atom. The van der Waals surface area contributed by atoms with Crippen LogP contribution in [0.3, 0.4) is 0 Å². The van der Waals surface area contributed by atoms with E-state index in [9.17, 15) is 4.79 Å². The maximum Gasteiger partial charge on any atom is 0.220 e. The Morgan fingerprint density at radius 1 is 1.46 bits per heavy atom. The molecule has 0 spiro atoms. The first-order valence-corrected chi connectivity index (χ1v) is 4.37. The molecule has 0 unspecified atom stereocenters. The summed E-state index contributed by atoms with van der Waals surface area (Å²) in [6.45, 7) is 0.745. The molecule has 0 saturated heterocycles. The topological polar surface area (TPSA) is 81.1 Å². The fourth-order valence-corrected chi connectivity index (χ4v) is 0.865. The van der Waals surface area contributed by atoms with Gasteiger partial charge >= 0.3 is 0 Å². The van der Waals surface area contributed by atoms with Gasteiger partial charge in [0.15, 0.2) is 0 Å². The minimum atomic E-state index is -0.113. The second-order valence-electron chi connectivity index (χ2n) is 2.79. The summed E-state index contributed by atoms with van der Waals surface area (Å²) in [6.07, 6.45) is 6.83. The molecule has 74 valence electrons. The number of amides is 1. The van der Waals surface area contributed by atoms with Gasteiger partial charge in [-0.05, 0) is 6.42 Å². The van der Waals surface area contributed by atoms with Crippen LogP contribution in [0, 0.1) is 12.3 Å². The van der Waals surface area contributed by atoms with Crippen molar-refractivity contribution in [1.82, 2.24) is 5.32 Å². The van der Waals surface area contributed by atoms with Crippen LogP contribution in [-0.2, 0) is 4.79 Å². The normalized spacial score (nSPS) is 9.69. The third-order valence-corrected chi connectivity index (χ3v) is 1.66. The number of hydrogen-bond acceptors (Lipinski definition) is 3. The van der Waals surface area contributed by atoms with E-state index in [1.165, 1.54) is 0 Å². The van der Waals surface area contributed by atoms with Crippen LogP contribution in [0.4, 0.5) is 0 Å². The summed E-state index contributed by atoms with van der Waals surface area (Å²) in [5.74, 6) is 2.44. The monoisotopic (exact) mass is 183 g/mol. The quantitative estimate of drug-likeness (QED) is 0.372. The summed E-state index contributed by atoms with van der Waals surface area (Å²) in [5.41, 5.74) is 10.7. The van der Waals surface area contributed by atoms with Crippen molar-refractivity contribution >= 4 is 5.91 Å². The highest BCUT2D eigenvalue weighted by Crippen LogP contribution is 1.93. The SMILES string of the molecule is C#CCCCC(=O)NC(CN)CN. The van der Waals surface area contributed by atoms with Gasteiger partial charge < -0.3 is 16.8 Å². The van der Waals surface area contributed by atoms with Crippen LogP contribution in [0.1, 0.15) is 19.3 Å². The van der Waals surface area contributed by atoms with Crippen LogP contribution in [0.15, 0.2) is 0 Å². The standard InChI is InChI=1S/C9H17N3O/c1-2-3-4-5-9(13)12-8(6-10)7-11/h1,8H,3-7,10-11H2,(H,12,13). The molecule has 0 aliphatic carbocycles. The third-order valence-electron chi connectivity index (χ3n) is 1.66. The van der Waals surface area contributed by atoms with Crippen LogP contribution in [0.25, 0.3) is 0 Å². The van der Waals surface area contributed by atoms with E-state index in [0.717, 1.165) is 0 Å². The predicted octanol–water partition coefficient (Wildman–Crippen LogP) is -0.808. The fraction of sp³-hybridized carbons (Fsp3) is 0.667. The zero-order chi connectivity index (χ0) is 10.1. The first-order chi connectivity index (χ1) is 6.24. The highest BCUT2D eigenvalue weighted by atomic mass is 16.1. The molecule has 0 aliphatic heterocycles. The number of unbranched alkanes of at least 4 members (excludes halogenated alkanes) is 1. The first-order valence-electron chi connectivity index (χ1n) is 4.37. The Morgan fingerprint density at radius 3 is 2.54 bits per heavy atom. The highest BCUT2D eigenvalue weighted by molar-refractivity contribution is 5.76. The van der Waals surface area contributed by atoms with Crippen molar-refractivity contribution in [1.29, 1.82) is 0 Å². The molecule has 0 aromatic carbocycles. The van der Waals surface area contributed by atoms with Crippen molar-refractivity contribution in [2.75, 3.05) is 13.1 Å². The predicted molar refractivity (Wildman–Crippen MR) is 52.7 cm³/mol. The number of rotatable bonds is 6. The van der Waals surface area contributed by atoms with Crippen molar-refractivity contribution in [3.8, 4) is 12.3 Å². The van der Waals surface area contributed by atoms with Crippen LogP contribution >= 0.6 is 0 Å². The number of carbonyl (C=O) groups excluding carboxylic acids is 1. The second kappa shape index (κ2) is 7.59. The van der Waals surface area contributed by atoms with Gasteiger partial charge in [-0.2, -0.15) is 0 Å². The van der Waals surface area contributed by atoms with E-state index in [0.29, 0.717) is 32.4 Å². The van der Waals surface area contributed by atoms with Crippen LogP contribution in [0.2, 0.25) is 0 Å². The zero-order valence-corrected chi connectivity index (χ0v) is 7.75. The lowest BCUT2D eigenvalue weighted by atomic mass is 10.2. The molecule has 4 nitrogen and oxygen atoms in total. The average molecular weight is 183 g/mol. The van der Waals surface area contributed by atoms with Crippen molar-refractivity contribution in [2.45, 2.75) is 25.3 Å². The van der Waals surface area contributed by atoms with Crippen molar-refractivity contribution in [3.63, 3.8) is 0 Å². The lowest BCUT2D eigenvalue weighted by Crippen LogP contribution is -2.44. The molecule has 4 heteroatoms. The molecule has 0 fully saturated rings. The van der Waals surface area contributed by atoms with Gasteiger partial charge in [-0.25, -0.2) is 0 Å². The number of nitrogens with one attached hydrogen (secondary N) is 1. The van der Waals surface area contributed by atoms with E-state index in [2.05, 4.69) is 11.2 Å². The summed E-state index contributed by atoms with van der Waals surface area (Å²) in [5, 5.41) is 2.72. The van der Waals surface area contributed by atoms with E-state index in [4.69, 9.17) is 17.9 Å². The Kier molecular flexibility index (Phi) is 6.98. The largest absolute Gasteiger partial charge is 0.351 e. The minimum Gasteiger partial charge on any atom is -0.351 e. The molecule has 0 bridgehead atoms. The van der Waals surface area contributed by atoms with Crippen LogP contribution in [0.5, 0.6) is 0 Å². The molecule has 0 heterocycles. The highest BCUT2D eigenvalue weighted by Gasteiger charge is 2.07. The Labute approximate surface area is 79.0 Å². The van der Waals surface area contributed by atoms with Gasteiger partial charge in [0.2, 0.25) is 5.91 Å². The molecule has 0 aliphatic rings. The lowest BCUT2D eigenvalue weighted by Gasteiger charge is -2.13. The maximum absolute atomic E-state index is 11.2. The van der Waals surface area contributed by atoms with E-state index < -0.39 is 0 Å². The van der Waals surface area contributed by atoms with Gasteiger partial charge in [-0.15, -0.1) is 12.3 Å². The van der Waals surface area contributed by atoms with Gasteiger partial charge in [0.25, 0.3) is 0 Å². The molecule has 5 N–H and O–H groups in total. The number of terminal acetylenes is 1. The van der Waals surface area contributed by atoms with Gasteiger partial charge in [0.1, 0.15) is 0 Å². The lowest BCUT2D eigenvalue weighted by molar-refractivity contribution is -0.121. The third kappa shape index (κ3) is 6.14. The van der Waals surface area contributed by atoms with Crippen molar-refractivity contribution < 1.29 is 4.79 Å². The molecule has 0 atom stereocenters. The molecular weight excluding hydrogens is 166 g/mol. The molecule has 0 aromatic rings. The maximum atomic E-state index is 11.2. The molecule has 0 saturated carbocycles. The summed E-state index contributed by atoms with van der Waals surface area (Å²) in [7, 11) is 0. The van der Waals surface area contributed by atoms with E-state index in [-0.39, 0.29) is 11.9 Å². The molecule has 13 heavy (non-hydrogen) atoms. The van der Waals surface area contributed by atoms with Crippen molar-refractivity contribution in [3.05, 3.63) is 0 Å². The number of hydrogen-bond donors (Lipinski definition) is 3. The fourth-order valence-electron chi connectivity index (χ4n) is 0.865. The average Bonchev–Trinajstić information content (AvgIpc) is 2.14. The summed E-state index contributed by atoms with van der Waals surface area (Å²) in [6, 6.07) is -0.113. The Bertz CT molecular complexity index is 182. The molecule has 0 radical (unpaired) electrons. The van der Waals surface area contributed by atoms with E-state index in [1.54, 1.807) is 0 Å². The van der Waals surface area contributed by atoms with Gasteiger partial charge in [0.05, 0.1) is 6.04 Å². The Hall–Kier alpha value is -1.05. The molecule has 0 aromatic heterocycles. The summed E-state index contributed by atoms with van der Waals surface area (Å²) in [4.78, 5) is 11.2. The van der Waals surface area contributed by atoms with Crippen molar-refractivity contribution in [2.24, 2.45) is 11.5 Å². The second-order valence-corrected chi connectivity index (χ2v) is 2.79. The Balaban J connectivity index is 3.55. The van der Waals surface area contributed by atoms with Gasteiger partial charge in [0, 0.05) is 25.9 Å². The molecule has 0 rings (SSSR count). The number of nitrogens with two attached hydrogens (primary N) is 2. The van der Waals surface area contributed by atoms with E-state index >= 15 is 0 Å². The van der Waals surface area contributed by atoms with Crippen LogP contribution in [-0.4, -0.2) is 25.0 Å². The smallest absolute Gasteiger partial charge is 0.220 e. The van der Waals surface area contributed by atoms with Gasteiger partial charge in [-0.1, -0.05) is 0 Å².